The number of alkyl halides is 3. The number of nitrogens with one attached hydrogen (secondary N) is 1. The van der Waals surface area contributed by atoms with Crippen LogP contribution in [0.2, 0.25) is 0 Å². The molecule has 1 N–H and O–H groups in total. The van der Waals surface area contributed by atoms with Crippen LogP contribution in [0.25, 0.3) is 11.1 Å². The lowest BCUT2D eigenvalue weighted by atomic mass is 9.97. The van der Waals surface area contributed by atoms with Crippen LogP contribution < -0.4 is 5.32 Å². The minimum atomic E-state index is -4.43. The molecule has 0 bridgehead atoms. The van der Waals surface area contributed by atoms with Crippen LogP contribution in [0.5, 0.6) is 0 Å². The lowest BCUT2D eigenvalue weighted by Gasteiger charge is -2.32. The lowest BCUT2D eigenvalue weighted by Crippen LogP contribution is -2.46. The number of rotatable bonds is 4. The molecule has 0 aromatic heterocycles. The summed E-state index contributed by atoms with van der Waals surface area (Å²) >= 11 is 0. The number of hydrogen-bond donors (Lipinski definition) is 1. The van der Waals surface area contributed by atoms with E-state index in [9.17, 15) is 27.2 Å². The zero-order valence-electron chi connectivity index (χ0n) is 18.1. The van der Waals surface area contributed by atoms with Crippen LogP contribution >= 0.6 is 0 Å². The van der Waals surface area contributed by atoms with Gasteiger partial charge in [0.25, 0.3) is 11.8 Å². The van der Waals surface area contributed by atoms with Crippen LogP contribution in [0.15, 0.2) is 72.8 Å². The Labute approximate surface area is 194 Å². The van der Waals surface area contributed by atoms with Gasteiger partial charge < -0.3 is 10.2 Å². The first-order chi connectivity index (χ1) is 16.2. The fourth-order valence-electron chi connectivity index (χ4n) is 4.07. The normalized spacial score (nSPS) is 14.6. The summed E-state index contributed by atoms with van der Waals surface area (Å²) in [7, 11) is 0. The minimum Gasteiger partial charge on any atom is -0.349 e. The van der Waals surface area contributed by atoms with Crippen molar-refractivity contribution < 1.29 is 27.2 Å². The van der Waals surface area contributed by atoms with E-state index in [1.165, 1.54) is 30.3 Å². The third kappa shape index (κ3) is 5.11. The molecule has 4 rings (SSSR count). The van der Waals surface area contributed by atoms with Crippen molar-refractivity contribution in [2.24, 2.45) is 0 Å². The largest absolute Gasteiger partial charge is 0.416 e. The number of nitrogens with zero attached hydrogens (tertiary/aromatic N) is 1. The van der Waals surface area contributed by atoms with Gasteiger partial charge in [-0.1, -0.05) is 42.5 Å². The van der Waals surface area contributed by atoms with E-state index in [1.54, 1.807) is 35.2 Å². The molecular formula is C26H22F4N2O2. The predicted molar refractivity (Wildman–Crippen MR) is 120 cm³/mol. The second-order valence-electron chi connectivity index (χ2n) is 8.14. The van der Waals surface area contributed by atoms with Gasteiger partial charge in [0.15, 0.2) is 0 Å². The van der Waals surface area contributed by atoms with Crippen molar-refractivity contribution in [2.45, 2.75) is 25.1 Å². The molecule has 176 valence electrons. The molecule has 3 aromatic carbocycles. The summed E-state index contributed by atoms with van der Waals surface area (Å²) in [4.78, 5) is 27.1. The number of halogens is 4. The van der Waals surface area contributed by atoms with Crippen molar-refractivity contribution >= 4 is 11.8 Å². The lowest BCUT2D eigenvalue weighted by molar-refractivity contribution is -0.137. The van der Waals surface area contributed by atoms with Gasteiger partial charge in [-0.3, -0.25) is 9.59 Å². The molecule has 0 radical (unpaired) electrons. The van der Waals surface area contributed by atoms with Gasteiger partial charge in [-0.15, -0.1) is 0 Å². The zero-order chi connectivity index (χ0) is 24.3. The number of piperidine rings is 1. The highest BCUT2D eigenvalue weighted by molar-refractivity contribution is 6.01. The third-order valence-electron chi connectivity index (χ3n) is 5.92. The molecule has 1 aliphatic rings. The zero-order valence-corrected chi connectivity index (χ0v) is 18.1. The highest BCUT2D eigenvalue weighted by Crippen LogP contribution is 2.32. The first-order valence-electron chi connectivity index (χ1n) is 10.9. The molecule has 1 aliphatic heterocycles. The summed E-state index contributed by atoms with van der Waals surface area (Å²) in [5, 5.41) is 2.96. The van der Waals surface area contributed by atoms with Crippen molar-refractivity contribution in [3.05, 3.63) is 95.3 Å². The quantitative estimate of drug-likeness (QED) is 0.509. The van der Waals surface area contributed by atoms with Gasteiger partial charge in [-0.2, -0.15) is 13.2 Å². The van der Waals surface area contributed by atoms with Gasteiger partial charge in [0, 0.05) is 24.7 Å². The summed E-state index contributed by atoms with van der Waals surface area (Å²) in [6.07, 6.45) is -3.42. The Kier molecular flexibility index (Phi) is 6.68. The number of likely N-dealkylation sites (tertiary alicyclic amines) is 1. The van der Waals surface area contributed by atoms with E-state index in [2.05, 4.69) is 5.32 Å². The van der Waals surface area contributed by atoms with Crippen molar-refractivity contribution in [2.75, 3.05) is 13.1 Å². The van der Waals surface area contributed by atoms with Crippen molar-refractivity contribution in [1.82, 2.24) is 10.2 Å². The van der Waals surface area contributed by atoms with E-state index in [0.29, 0.717) is 42.6 Å². The average molecular weight is 470 g/mol. The summed E-state index contributed by atoms with van der Waals surface area (Å²) in [5.41, 5.74) is 0.655. The molecule has 2 amide bonds. The summed E-state index contributed by atoms with van der Waals surface area (Å²) in [6.45, 7) is 0.747. The Bertz CT molecular complexity index is 1180. The molecule has 8 heteroatoms. The number of hydrogen-bond acceptors (Lipinski definition) is 2. The smallest absolute Gasteiger partial charge is 0.349 e. The Balaban J connectivity index is 1.42. The Morgan fingerprint density at radius 1 is 0.824 bits per heavy atom. The average Bonchev–Trinajstić information content (AvgIpc) is 2.84. The van der Waals surface area contributed by atoms with Gasteiger partial charge in [-0.25, -0.2) is 4.39 Å². The molecule has 0 atom stereocenters. The molecule has 3 aromatic rings. The van der Waals surface area contributed by atoms with E-state index in [4.69, 9.17) is 0 Å². The Morgan fingerprint density at radius 3 is 2.03 bits per heavy atom. The Hall–Kier alpha value is -3.68. The second-order valence-corrected chi connectivity index (χ2v) is 8.14. The molecule has 1 fully saturated rings. The molecule has 0 unspecified atom stereocenters. The predicted octanol–water partition coefficient (Wildman–Crippen LogP) is 5.55. The van der Waals surface area contributed by atoms with Crippen LogP contribution in [0.4, 0.5) is 17.6 Å². The molecule has 4 nitrogen and oxygen atoms in total. The minimum absolute atomic E-state index is 0.0236. The van der Waals surface area contributed by atoms with Gasteiger partial charge in [0.05, 0.1) is 11.1 Å². The molecule has 1 heterocycles. The van der Waals surface area contributed by atoms with Crippen LogP contribution in [0.1, 0.15) is 39.1 Å². The van der Waals surface area contributed by atoms with Crippen molar-refractivity contribution in [1.29, 1.82) is 0 Å². The van der Waals surface area contributed by atoms with Gasteiger partial charge >= 0.3 is 6.18 Å². The van der Waals surface area contributed by atoms with Crippen LogP contribution in [-0.4, -0.2) is 35.8 Å². The number of carbonyl (C=O) groups is 2. The highest BCUT2D eigenvalue weighted by atomic mass is 19.4. The van der Waals surface area contributed by atoms with E-state index in [0.717, 1.165) is 12.1 Å². The number of benzene rings is 3. The van der Waals surface area contributed by atoms with E-state index in [-0.39, 0.29) is 23.4 Å². The molecule has 34 heavy (non-hydrogen) atoms. The topological polar surface area (TPSA) is 49.4 Å². The van der Waals surface area contributed by atoms with Gasteiger partial charge in [0.2, 0.25) is 0 Å². The molecule has 1 saturated heterocycles. The van der Waals surface area contributed by atoms with Crippen molar-refractivity contribution in [3.8, 4) is 11.1 Å². The molecule has 0 spiro atoms. The molecular weight excluding hydrogens is 448 g/mol. The SMILES string of the molecule is O=C(NC1CCN(C(=O)c2ccccc2F)CC1)c1ccccc1-c1ccc(C(F)(F)F)cc1. The molecule has 0 saturated carbocycles. The third-order valence-corrected chi connectivity index (χ3v) is 5.92. The van der Waals surface area contributed by atoms with Crippen LogP contribution in [-0.2, 0) is 6.18 Å². The summed E-state index contributed by atoms with van der Waals surface area (Å²) in [5.74, 6) is -1.28. The number of amides is 2. The Morgan fingerprint density at radius 2 is 1.41 bits per heavy atom. The maximum absolute atomic E-state index is 13.9. The fourth-order valence-corrected chi connectivity index (χ4v) is 4.07. The van der Waals surface area contributed by atoms with Crippen LogP contribution in [0, 0.1) is 5.82 Å². The first-order valence-corrected chi connectivity index (χ1v) is 10.9. The fraction of sp³-hybridized carbons (Fsp3) is 0.231. The second kappa shape index (κ2) is 9.67. The maximum Gasteiger partial charge on any atom is 0.416 e. The van der Waals surface area contributed by atoms with Crippen LogP contribution in [0.3, 0.4) is 0 Å². The van der Waals surface area contributed by atoms with Gasteiger partial charge in [0.1, 0.15) is 5.82 Å². The van der Waals surface area contributed by atoms with E-state index >= 15 is 0 Å². The van der Waals surface area contributed by atoms with Gasteiger partial charge in [-0.05, 0) is 54.3 Å². The van der Waals surface area contributed by atoms with E-state index < -0.39 is 17.6 Å². The van der Waals surface area contributed by atoms with Crippen molar-refractivity contribution in [3.63, 3.8) is 0 Å². The highest BCUT2D eigenvalue weighted by Gasteiger charge is 2.30. The maximum atomic E-state index is 13.9. The standard InChI is InChI=1S/C26H22F4N2O2/c27-23-8-4-3-7-22(23)25(34)32-15-13-19(14-16-32)31-24(33)21-6-2-1-5-20(21)17-9-11-18(12-10-17)26(28,29)30/h1-12,19H,13-16H2,(H,31,33). The monoisotopic (exact) mass is 470 g/mol. The number of carbonyl (C=O) groups excluding carboxylic acids is 2. The first kappa shape index (κ1) is 23.5. The van der Waals surface area contributed by atoms with E-state index in [1.807, 2.05) is 0 Å². The summed E-state index contributed by atoms with van der Waals surface area (Å²) < 4.78 is 52.6. The molecule has 0 aliphatic carbocycles. The summed E-state index contributed by atoms with van der Waals surface area (Å²) in [6, 6.07) is 17.0.